The first-order chi connectivity index (χ1) is 12.8. The van der Waals surface area contributed by atoms with Crippen LogP contribution in [0, 0.1) is 0 Å². The van der Waals surface area contributed by atoms with Crippen molar-refractivity contribution < 1.29 is 8.42 Å². The molecule has 0 aliphatic heterocycles. The second-order valence-electron chi connectivity index (χ2n) is 5.77. The van der Waals surface area contributed by atoms with E-state index in [2.05, 4.69) is 20.0 Å². The van der Waals surface area contributed by atoms with E-state index in [0.717, 1.165) is 0 Å². The fraction of sp³-hybridized carbons (Fsp3) is 0.235. The van der Waals surface area contributed by atoms with Crippen molar-refractivity contribution in [1.29, 1.82) is 0 Å². The molecular weight excluding hydrogens is 390 g/mol. The van der Waals surface area contributed by atoms with Gasteiger partial charge in [0.15, 0.2) is 0 Å². The van der Waals surface area contributed by atoms with Crippen LogP contribution in [0.5, 0.6) is 0 Å². The maximum atomic E-state index is 12.8. The van der Waals surface area contributed by atoms with Crippen LogP contribution < -0.4 is 15.6 Å². The van der Waals surface area contributed by atoms with E-state index in [9.17, 15) is 13.2 Å². The lowest BCUT2D eigenvalue weighted by atomic mass is 10.1. The highest BCUT2D eigenvalue weighted by Gasteiger charge is 2.17. The van der Waals surface area contributed by atoms with E-state index in [1.165, 1.54) is 29.8 Å². The quantitative estimate of drug-likeness (QED) is 0.670. The molecule has 0 saturated carbocycles. The molecule has 2 N–H and O–H groups in total. The number of anilines is 1. The second kappa shape index (κ2) is 7.26. The van der Waals surface area contributed by atoms with Crippen LogP contribution in [0.1, 0.15) is 6.92 Å². The van der Waals surface area contributed by atoms with Crippen LogP contribution in [-0.4, -0.2) is 36.5 Å². The van der Waals surface area contributed by atoms with E-state index in [1.54, 1.807) is 19.3 Å². The highest BCUT2D eigenvalue weighted by Crippen LogP contribution is 2.29. The molecule has 1 aromatic carbocycles. The first-order valence-corrected chi connectivity index (χ1v) is 9.98. The highest BCUT2D eigenvalue weighted by molar-refractivity contribution is 7.89. The summed E-state index contributed by atoms with van der Waals surface area (Å²) in [6.07, 6.45) is 1.62. The van der Waals surface area contributed by atoms with Gasteiger partial charge in [-0.3, -0.25) is 9.36 Å². The third kappa shape index (κ3) is 3.53. The number of aromatic nitrogens is 3. The summed E-state index contributed by atoms with van der Waals surface area (Å²) in [4.78, 5) is 21.4. The molecule has 0 atom stereocenters. The van der Waals surface area contributed by atoms with Gasteiger partial charge < -0.3 is 5.32 Å². The number of aryl methyl sites for hydroxylation is 1. The number of nitrogens with zero attached hydrogens (tertiary/aromatic N) is 3. The van der Waals surface area contributed by atoms with Crippen molar-refractivity contribution in [1.82, 2.24) is 19.3 Å². The van der Waals surface area contributed by atoms with Crippen molar-refractivity contribution in [3.05, 3.63) is 45.8 Å². The van der Waals surface area contributed by atoms with Crippen LogP contribution in [0.4, 0.5) is 5.95 Å². The molecule has 0 saturated heterocycles. The van der Waals surface area contributed by atoms with Crippen molar-refractivity contribution in [3.8, 4) is 11.1 Å². The molecule has 0 amide bonds. The average Bonchev–Trinajstić information content (AvgIpc) is 2.65. The Hall–Kier alpha value is -2.49. The van der Waals surface area contributed by atoms with E-state index in [-0.39, 0.29) is 15.5 Å². The van der Waals surface area contributed by atoms with Crippen LogP contribution in [0.2, 0.25) is 5.02 Å². The predicted octanol–water partition coefficient (Wildman–Crippen LogP) is 1.99. The summed E-state index contributed by atoms with van der Waals surface area (Å²) < 4.78 is 27.5. The van der Waals surface area contributed by atoms with Crippen molar-refractivity contribution in [3.63, 3.8) is 0 Å². The standard InChI is InChI=1S/C17H18ClN5O3S/c1-4-20-17-21-9-10-7-13(16(24)23(3)15(10)22-17)12-6-5-11(8-14(12)18)27(25,26)19-2/h5-9,19H,4H2,1-3H3,(H,20,21,22). The normalized spacial score (nSPS) is 11.7. The number of hydrogen-bond acceptors (Lipinski definition) is 6. The van der Waals surface area contributed by atoms with Crippen LogP contribution in [0.3, 0.4) is 0 Å². The Morgan fingerprint density at radius 1 is 1.22 bits per heavy atom. The summed E-state index contributed by atoms with van der Waals surface area (Å²) >= 11 is 6.29. The smallest absolute Gasteiger partial charge is 0.259 e. The lowest BCUT2D eigenvalue weighted by molar-refractivity contribution is 0.588. The maximum Gasteiger partial charge on any atom is 0.259 e. The molecule has 0 aliphatic rings. The number of halogens is 1. The molecule has 0 bridgehead atoms. The van der Waals surface area contributed by atoms with Gasteiger partial charge in [-0.2, -0.15) is 4.98 Å². The molecule has 8 nitrogen and oxygen atoms in total. The van der Waals surface area contributed by atoms with E-state index in [4.69, 9.17) is 11.6 Å². The van der Waals surface area contributed by atoms with Crippen molar-refractivity contribution in [2.75, 3.05) is 18.9 Å². The molecule has 2 heterocycles. The SMILES string of the molecule is CCNc1ncc2cc(-c3ccc(S(=O)(=O)NC)cc3Cl)c(=O)n(C)c2n1. The van der Waals surface area contributed by atoms with Gasteiger partial charge in [0, 0.05) is 41.3 Å². The lowest BCUT2D eigenvalue weighted by Crippen LogP contribution is -2.21. The molecule has 142 valence electrons. The molecule has 3 aromatic rings. The van der Waals surface area contributed by atoms with Gasteiger partial charge in [-0.05, 0) is 32.2 Å². The summed E-state index contributed by atoms with van der Waals surface area (Å²) in [7, 11) is -0.695. The summed E-state index contributed by atoms with van der Waals surface area (Å²) in [6.45, 7) is 2.59. The number of pyridine rings is 1. The van der Waals surface area contributed by atoms with Crippen LogP contribution in [0.15, 0.2) is 40.2 Å². The van der Waals surface area contributed by atoms with Crippen molar-refractivity contribution in [2.45, 2.75) is 11.8 Å². The number of nitrogens with one attached hydrogen (secondary N) is 2. The Morgan fingerprint density at radius 3 is 2.59 bits per heavy atom. The second-order valence-corrected chi connectivity index (χ2v) is 8.07. The third-order valence-corrected chi connectivity index (χ3v) is 5.82. The van der Waals surface area contributed by atoms with Gasteiger partial charge in [0.05, 0.1) is 4.90 Å². The zero-order valence-electron chi connectivity index (χ0n) is 14.9. The van der Waals surface area contributed by atoms with Crippen LogP contribution in [0.25, 0.3) is 22.2 Å². The molecule has 10 heteroatoms. The molecule has 2 aromatic heterocycles. The van der Waals surface area contributed by atoms with E-state index < -0.39 is 10.0 Å². The van der Waals surface area contributed by atoms with Crippen LogP contribution in [-0.2, 0) is 17.1 Å². The molecule has 0 unspecified atom stereocenters. The zero-order valence-corrected chi connectivity index (χ0v) is 16.5. The van der Waals surface area contributed by atoms with Gasteiger partial charge >= 0.3 is 0 Å². The zero-order chi connectivity index (χ0) is 19.8. The summed E-state index contributed by atoms with van der Waals surface area (Å²) in [6, 6.07) is 5.89. The first-order valence-electron chi connectivity index (χ1n) is 8.12. The summed E-state index contributed by atoms with van der Waals surface area (Å²) in [5.74, 6) is 0.437. The number of sulfonamides is 1. The fourth-order valence-corrected chi connectivity index (χ4v) is 3.79. The minimum Gasteiger partial charge on any atom is -0.354 e. The van der Waals surface area contributed by atoms with Crippen molar-refractivity contribution >= 4 is 38.6 Å². The molecule has 0 aliphatic carbocycles. The van der Waals surface area contributed by atoms with Gasteiger partial charge in [0.1, 0.15) is 5.65 Å². The molecule has 0 spiro atoms. The number of rotatable bonds is 5. The molecule has 0 fully saturated rings. The third-order valence-electron chi connectivity index (χ3n) is 4.09. The maximum absolute atomic E-state index is 12.8. The Kier molecular flexibility index (Phi) is 5.18. The van der Waals surface area contributed by atoms with Gasteiger partial charge in [-0.15, -0.1) is 0 Å². The van der Waals surface area contributed by atoms with Crippen LogP contribution >= 0.6 is 11.6 Å². The Bertz CT molecular complexity index is 1190. The Morgan fingerprint density at radius 2 is 1.96 bits per heavy atom. The highest BCUT2D eigenvalue weighted by atomic mass is 35.5. The molecule has 27 heavy (non-hydrogen) atoms. The Labute approximate surface area is 161 Å². The number of hydrogen-bond donors (Lipinski definition) is 2. The minimum absolute atomic E-state index is 0.0231. The summed E-state index contributed by atoms with van der Waals surface area (Å²) in [5.41, 5.74) is 0.961. The number of benzene rings is 1. The topological polar surface area (TPSA) is 106 Å². The Balaban J connectivity index is 2.19. The minimum atomic E-state index is -3.63. The van der Waals surface area contributed by atoms with E-state index in [1.807, 2.05) is 6.92 Å². The van der Waals surface area contributed by atoms with Gasteiger partial charge in [0.25, 0.3) is 5.56 Å². The predicted molar refractivity (Wildman–Crippen MR) is 106 cm³/mol. The van der Waals surface area contributed by atoms with Gasteiger partial charge in [-0.25, -0.2) is 18.1 Å². The van der Waals surface area contributed by atoms with E-state index >= 15 is 0 Å². The van der Waals surface area contributed by atoms with Crippen molar-refractivity contribution in [2.24, 2.45) is 7.05 Å². The molecule has 3 rings (SSSR count). The number of fused-ring (bicyclic) bond motifs is 1. The summed E-state index contributed by atoms with van der Waals surface area (Å²) in [5, 5.41) is 3.83. The molecular formula is C17H18ClN5O3S. The largest absolute Gasteiger partial charge is 0.354 e. The monoisotopic (exact) mass is 407 g/mol. The first kappa shape index (κ1) is 19.3. The fourth-order valence-electron chi connectivity index (χ4n) is 2.68. The van der Waals surface area contributed by atoms with Gasteiger partial charge in [0.2, 0.25) is 16.0 Å². The lowest BCUT2D eigenvalue weighted by Gasteiger charge is -2.11. The van der Waals surface area contributed by atoms with E-state index in [0.29, 0.717) is 34.7 Å². The molecule has 0 radical (unpaired) electrons. The average molecular weight is 408 g/mol. The van der Waals surface area contributed by atoms with Gasteiger partial charge in [-0.1, -0.05) is 17.7 Å².